The molecular formula is C18H16N2O4S. The van der Waals surface area contributed by atoms with Crippen molar-refractivity contribution in [2.75, 3.05) is 0 Å². The highest BCUT2D eigenvalue weighted by Crippen LogP contribution is 2.19. The van der Waals surface area contributed by atoms with Gasteiger partial charge in [-0.1, -0.05) is 23.8 Å². The van der Waals surface area contributed by atoms with Crippen LogP contribution in [-0.2, 0) is 16.1 Å². The number of ether oxygens (including phenoxy) is 1. The fraction of sp³-hybridized carbons (Fsp3) is 0.222. The van der Waals surface area contributed by atoms with E-state index in [0.717, 1.165) is 11.1 Å². The molecule has 0 saturated heterocycles. The lowest BCUT2D eigenvalue weighted by Gasteiger charge is -2.01. The minimum Gasteiger partial charge on any atom is -0.456 e. The van der Waals surface area contributed by atoms with Gasteiger partial charge in [0.25, 0.3) is 5.89 Å². The molecule has 2 heterocycles. The Morgan fingerprint density at radius 3 is 2.80 bits per heavy atom. The van der Waals surface area contributed by atoms with Gasteiger partial charge >= 0.3 is 5.97 Å². The van der Waals surface area contributed by atoms with Crippen LogP contribution < -0.4 is 0 Å². The van der Waals surface area contributed by atoms with E-state index >= 15 is 0 Å². The summed E-state index contributed by atoms with van der Waals surface area (Å²) >= 11 is 1.36. The molecule has 3 rings (SSSR count). The highest BCUT2D eigenvalue weighted by atomic mass is 32.1. The molecule has 0 atom stereocenters. The predicted octanol–water partition coefficient (Wildman–Crippen LogP) is 3.81. The first-order valence-corrected chi connectivity index (χ1v) is 8.61. The van der Waals surface area contributed by atoms with E-state index in [1.807, 2.05) is 36.6 Å². The highest BCUT2D eigenvalue weighted by molar-refractivity contribution is 7.12. The second kappa shape index (κ2) is 7.85. The lowest BCUT2D eigenvalue weighted by Crippen LogP contribution is -2.07. The normalized spacial score (nSPS) is 10.6. The molecule has 6 nitrogen and oxygen atoms in total. The number of Topliss-reactive ketones (excluding diaryl/α,β-unsaturated/α-hetero) is 1. The summed E-state index contributed by atoms with van der Waals surface area (Å²) in [5.74, 6) is 0.0590. The summed E-state index contributed by atoms with van der Waals surface area (Å²) in [6.45, 7) is 1.87. The number of ketones is 1. The molecule has 0 aliphatic rings. The average Bonchev–Trinajstić information content (AvgIpc) is 3.29. The van der Waals surface area contributed by atoms with Crippen LogP contribution in [0.15, 0.2) is 46.2 Å². The molecular weight excluding hydrogens is 340 g/mol. The second-order valence-electron chi connectivity index (χ2n) is 5.43. The Morgan fingerprint density at radius 1 is 1.16 bits per heavy atom. The summed E-state index contributed by atoms with van der Waals surface area (Å²) in [4.78, 5) is 24.2. The summed E-state index contributed by atoms with van der Waals surface area (Å²) in [6, 6.07) is 11.2. The average molecular weight is 356 g/mol. The fourth-order valence-electron chi connectivity index (χ4n) is 2.20. The molecule has 1 aromatic carbocycles. The molecule has 128 valence electrons. The van der Waals surface area contributed by atoms with E-state index in [0.29, 0.717) is 10.8 Å². The first-order valence-electron chi connectivity index (χ1n) is 7.73. The Hall–Kier alpha value is -2.80. The van der Waals surface area contributed by atoms with Crippen molar-refractivity contribution in [2.45, 2.75) is 26.4 Å². The summed E-state index contributed by atoms with van der Waals surface area (Å²) in [5, 5.41) is 9.65. The zero-order valence-electron chi connectivity index (χ0n) is 13.6. The number of esters is 1. The highest BCUT2D eigenvalue weighted by Gasteiger charge is 2.13. The molecule has 0 saturated carbocycles. The van der Waals surface area contributed by atoms with E-state index < -0.39 is 5.97 Å². The van der Waals surface area contributed by atoms with Crippen molar-refractivity contribution in [3.05, 3.63) is 58.1 Å². The van der Waals surface area contributed by atoms with Crippen molar-refractivity contribution in [3.8, 4) is 11.5 Å². The van der Waals surface area contributed by atoms with Crippen molar-refractivity contribution in [1.29, 1.82) is 0 Å². The van der Waals surface area contributed by atoms with Crippen molar-refractivity contribution in [2.24, 2.45) is 0 Å². The monoisotopic (exact) mass is 356 g/mol. The topological polar surface area (TPSA) is 82.3 Å². The Bertz CT molecular complexity index is 871. The summed E-state index contributed by atoms with van der Waals surface area (Å²) in [5.41, 5.74) is 1.89. The molecule has 0 aliphatic heterocycles. The van der Waals surface area contributed by atoms with Crippen LogP contribution in [0.2, 0.25) is 0 Å². The van der Waals surface area contributed by atoms with E-state index in [-0.39, 0.29) is 31.1 Å². The Morgan fingerprint density at radius 2 is 2.04 bits per heavy atom. The number of aryl methyl sites for hydroxylation is 1. The third kappa shape index (κ3) is 4.60. The number of nitrogens with zero attached hydrogens (tertiary/aromatic N) is 2. The van der Waals surface area contributed by atoms with Gasteiger partial charge in [-0.05, 0) is 30.5 Å². The molecule has 2 aromatic heterocycles. The van der Waals surface area contributed by atoms with Crippen LogP contribution in [0.4, 0.5) is 0 Å². The second-order valence-corrected chi connectivity index (χ2v) is 6.38. The van der Waals surface area contributed by atoms with Crippen LogP contribution in [0.3, 0.4) is 0 Å². The third-order valence-electron chi connectivity index (χ3n) is 3.44. The van der Waals surface area contributed by atoms with E-state index in [4.69, 9.17) is 9.15 Å². The molecule has 0 spiro atoms. The molecule has 25 heavy (non-hydrogen) atoms. The van der Waals surface area contributed by atoms with Gasteiger partial charge in [-0.3, -0.25) is 9.59 Å². The van der Waals surface area contributed by atoms with Crippen molar-refractivity contribution in [1.82, 2.24) is 10.2 Å². The van der Waals surface area contributed by atoms with Gasteiger partial charge < -0.3 is 9.15 Å². The number of hydrogen-bond acceptors (Lipinski definition) is 7. The Kier molecular flexibility index (Phi) is 5.35. The molecule has 3 aromatic rings. The molecule has 0 aliphatic carbocycles. The van der Waals surface area contributed by atoms with Gasteiger partial charge in [0, 0.05) is 12.0 Å². The molecule has 0 unspecified atom stereocenters. The predicted molar refractivity (Wildman–Crippen MR) is 92.2 cm³/mol. The minimum absolute atomic E-state index is 0.0234. The maximum atomic E-state index is 11.8. The Balaban J connectivity index is 1.49. The minimum atomic E-state index is -0.472. The number of rotatable bonds is 7. The number of thiophene rings is 1. The maximum absolute atomic E-state index is 11.8. The lowest BCUT2D eigenvalue weighted by atomic mass is 10.1. The summed E-state index contributed by atoms with van der Waals surface area (Å²) < 4.78 is 10.6. The number of carbonyl (C=O) groups excluding carboxylic acids is 2. The lowest BCUT2D eigenvalue weighted by molar-refractivity contribution is -0.145. The number of aromatic nitrogens is 2. The number of hydrogen-bond donors (Lipinski definition) is 0. The van der Waals surface area contributed by atoms with Gasteiger partial charge in [0.1, 0.15) is 0 Å². The van der Waals surface area contributed by atoms with Crippen molar-refractivity contribution < 1.29 is 18.7 Å². The van der Waals surface area contributed by atoms with Crippen LogP contribution in [0, 0.1) is 6.92 Å². The maximum Gasteiger partial charge on any atom is 0.306 e. The summed E-state index contributed by atoms with van der Waals surface area (Å²) in [6.07, 6.45) is 0.146. The first-order chi connectivity index (χ1) is 12.1. The van der Waals surface area contributed by atoms with E-state index in [1.54, 1.807) is 12.1 Å². The van der Waals surface area contributed by atoms with Crippen molar-refractivity contribution in [3.63, 3.8) is 0 Å². The van der Waals surface area contributed by atoms with Gasteiger partial charge in [-0.2, -0.15) is 0 Å². The molecule has 0 amide bonds. The zero-order valence-corrected chi connectivity index (χ0v) is 14.4. The van der Waals surface area contributed by atoms with Gasteiger partial charge in [0.2, 0.25) is 5.89 Å². The fourth-order valence-corrected chi connectivity index (χ4v) is 2.89. The van der Waals surface area contributed by atoms with Crippen molar-refractivity contribution >= 4 is 23.1 Å². The number of benzene rings is 1. The van der Waals surface area contributed by atoms with E-state index in [2.05, 4.69) is 10.2 Å². The van der Waals surface area contributed by atoms with E-state index in [1.165, 1.54) is 11.3 Å². The molecule has 0 radical (unpaired) electrons. The Labute approximate surface area is 148 Å². The standard InChI is InChI=1S/C18H16N2O4S/c1-12-4-2-5-13(10-12)18-20-19-16(24-18)11-23-17(22)8-7-14(21)15-6-3-9-25-15/h2-6,9-10H,7-8,11H2,1H3. The smallest absolute Gasteiger partial charge is 0.306 e. The van der Waals surface area contributed by atoms with Gasteiger partial charge in [-0.15, -0.1) is 21.5 Å². The first kappa shape index (κ1) is 17.0. The molecule has 0 fully saturated rings. The molecule has 0 N–H and O–H groups in total. The molecule has 7 heteroatoms. The van der Waals surface area contributed by atoms with E-state index in [9.17, 15) is 9.59 Å². The SMILES string of the molecule is Cc1cccc(-c2nnc(COC(=O)CCC(=O)c3cccs3)o2)c1. The third-order valence-corrected chi connectivity index (χ3v) is 4.35. The largest absolute Gasteiger partial charge is 0.456 e. The quantitative estimate of drug-likeness (QED) is 0.473. The van der Waals surface area contributed by atoms with Gasteiger partial charge in [-0.25, -0.2) is 0 Å². The van der Waals surface area contributed by atoms with Crippen LogP contribution >= 0.6 is 11.3 Å². The van der Waals surface area contributed by atoms with Crippen LogP contribution in [0.5, 0.6) is 0 Å². The van der Waals surface area contributed by atoms with Crippen LogP contribution in [0.1, 0.15) is 34.0 Å². The molecule has 0 bridgehead atoms. The van der Waals surface area contributed by atoms with Crippen LogP contribution in [-0.4, -0.2) is 21.9 Å². The zero-order chi connectivity index (χ0) is 17.6. The summed E-state index contributed by atoms with van der Waals surface area (Å²) in [7, 11) is 0. The van der Waals surface area contributed by atoms with Gasteiger partial charge in [0.15, 0.2) is 12.4 Å². The number of carbonyl (C=O) groups is 2. The van der Waals surface area contributed by atoms with Crippen LogP contribution in [0.25, 0.3) is 11.5 Å². The van der Waals surface area contributed by atoms with Gasteiger partial charge in [0.05, 0.1) is 11.3 Å².